The first-order valence-corrected chi connectivity index (χ1v) is 7.25. The van der Waals surface area contributed by atoms with Crippen LogP contribution >= 0.6 is 15.9 Å². The Bertz CT molecular complexity index is 397. The second-order valence-electron chi connectivity index (χ2n) is 4.95. The van der Waals surface area contributed by atoms with E-state index in [0.29, 0.717) is 5.92 Å². The van der Waals surface area contributed by atoms with Gasteiger partial charge >= 0.3 is 0 Å². The largest absolute Gasteiger partial charge is 0.330 e. The van der Waals surface area contributed by atoms with Crippen molar-refractivity contribution in [2.75, 3.05) is 11.9 Å². The lowest BCUT2D eigenvalue weighted by Gasteiger charge is -2.26. The summed E-state index contributed by atoms with van der Waals surface area (Å²) in [6, 6.07) is 7.68. The summed E-state index contributed by atoms with van der Waals surface area (Å²) in [5, 5.41) is 2.98. The van der Waals surface area contributed by atoms with E-state index >= 15 is 0 Å². The van der Waals surface area contributed by atoms with E-state index in [0.717, 1.165) is 42.4 Å². The molecule has 1 aliphatic rings. The molecule has 1 aliphatic carbocycles. The summed E-state index contributed by atoms with van der Waals surface area (Å²) in [6.45, 7) is 0.751. The maximum Gasteiger partial charge on any atom is 0.227 e. The molecular weight excluding hydrogens is 292 g/mol. The lowest BCUT2D eigenvalue weighted by molar-refractivity contribution is -0.121. The van der Waals surface area contributed by atoms with Crippen molar-refractivity contribution >= 4 is 27.5 Å². The van der Waals surface area contributed by atoms with Gasteiger partial charge in [-0.15, -0.1) is 0 Å². The van der Waals surface area contributed by atoms with Crippen LogP contribution in [-0.4, -0.2) is 12.5 Å². The zero-order valence-electron chi connectivity index (χ0n) is 10.4. The van der Waals surface area contributed by atoms with Crippen molar-refractivity contribution in [3.05, 3.63) is 28.7 Å². The molecule has 0 aromatic heterocycles. The molecular formula is C14H19BrN2O. The van der Waals surface area contributed by atoms with E-state index in [1.807, 2.05) is 24.3 Å². The zero-order valence-corrected chi connectivity index (χ0v) is 11.9. The number of nitrogens with two attached hydrogens (primary N) is 1. The topological polar surface area (TPSA) is 55.1 Å². The molecule has 0 spiro atoms. The van der Waals surface area contributed by atoms with Crippen LogP contribution in [0, 0.1) is 11.8 Å². The number of anilines is 1. The predicted molar refractivity (Wildman–Crippen MR) is 77.3 cm³/mol. The molecule has 0 heterocycles. The third-order valence-corrected chi connectivity index (χ3v) is 4.19. The van der Waals surface area contributed by atoms with Gasteiger partial charge in [-0.05, 0) is 62.4 Å². The fourth-order valence-corrected chi connectivity index (χ4v) is 2.70. The van der Waals surface area contributed by atoms with E-state index < -0.39 is 0 Å². The fourth-order valence-electron chi connectivity index (χ4n) is 2.44. The summed E-state index contributed by atoms with van der Waals surface area (Å²) in [5.41, 5.74) is 6.52. The van der Waals surface area contributed by atoms with Crippen LogP contribution in [0.3, 0.4) is 0 Å². The Balaban J connectivity index is 1.87. The smallest absolute Gasteiger partial charge is 0.227 e. The van der Waals surface area contributed by atoms with Crippen molar-refractivity contribution in [3.63, 3.8) is 0 Å². The van der Waals surface area contributed by atoms with Crippen molar-refractivity contribution in [2.45, 2.75) is 25.7 Å². The number of hydrogen-bond donors (Lipinski definition) is 2. The molecule has 0 atom stereocenters. The Morgan fingerprint density at radius 2 is 1.83 bits per heavy atom. The third kappa shape index (κ3) is 3.56. The molecule has 1 aromatic carbocycles. The van der Waals surface area contributed by atoms with Gasteiger partial charge in [0.1, 0.15) is 0 Å². The molecule has 1 saturated carbocycles. The zero-order chi connectivity index (χ0) is 13.0. The van der Waals surface area contributed by atoms with Gasteiger partial charge in [0.2, 0.25) is 5.91 Å². The second kappa shape index (κ2) is 6.34. The molecule has 1 amide bonds. The Kier molecular flexibility index (Phi) is 4.78. The molecule has 1 fully saturated rings. The highest BCUT2D eigenvalue weighted by molar-refractivity contribution is 9.10. The number of rotatable bonds is 3. The van der Waals surface area contributed by atoms with Crippen LogP contribution in [0.5, 0.6) is 0 Å². The van der Waals surface area contributed by atoms with Gasteiger partial charge in [0, 0.05) is 16.1 Å². The number of carbonyl (C=O) groups excluding carboxylic acids is 1. The number of benzene rings is 1. The summed E-state index contributed by atoms with van der Waals surface area (Å²) >= 11 is 3.38. The van der Waals surface area contributed by atoms with E-state index in [4.69, 9.17) is 5.73 Å². The van der Waals surface area contributed by atoms with Gasteiger partial charge in [0.15, 0.2) is 0 Å². The van der Waals surface area contributed by atoms with Gasteiger partial charge in [0.05, 0.1) is 0 Å². The molecule has 3 nitrogen and oxygen atoms in total. The highest BCUT2D eigenvalue weighted by atomic mass is 79.9. The highest BCUT2D eigenvalue weighted by Crippen LogP contribution is 2.29. The first-order chi connectivity index (χ1) is 8.69. The number of halogens is 1. The minimum absolute atomic E-state index is 0.146. The summed E-state index contributed by atoms with van der Waals surface area (Å²) in [4.78, 5) is 12.1. The first kappa shape index (κ1) is 13.6. The van der Waals surface area contributed by atoms with Gasteiger partial charge in [0.25, 0.3) is 0 Å². The molecule has 0 bridgehead atoms. The molecule has 2 rings (SSSR count). The van der Waals surface area contributed by atoms with Crippen molar-refractivity contribution in [1.82, 2.24) is 0 Å². The predicted octanol–water partition coefficient (Wildman–Crippen LogP) is 3.15. The minimum atomic E-state index is 0.146. The molecule has 0 aliphatic heterocycles. The lowest BCUT2D eigenvalue weighted by Crippen LogP contribution is -2.29. The monoisotopic (exact) mass is 310 g/mol. The molecule has 0 radical (unpaired) electrons. The summed E-state index contributed by atoms with van der Waals surface area (Å²) in [7, 11) is 0. The molecule has 1 aromatic rings. The third-order valence-electron chi connectivity index (χ3n) is 3.66. The quantitative estimate of drug-likeness (QED) is 0.901. The van der Waals surface area contributed by atoms with Gasteiger partial charge < -0.3 is 11.1 Å². The first-order valence-electron chi connectivity index (χ1n) is 6.45. The van der Waals surface area contributed by atoms with Crippen LogP contribution in [0.1, 0.15) is 25.7 Å². The standard InChI is InChI=1S/C14H19BrN2O/c15-12-5-7-13(8-6-12)17-14(18)11-3-1-10(9-16)2-4-11/h5-8,10-11H,1-4,9,16H2,(H,17,18). The SMILES string of the molecule is NCC1CCC(C(=O)Nc2ccc(Br)cc2)CC1. The van der Waals surface area contributed by atoms with Crippen LogP contribution in [0.15, 0.2) is 28.7 Å². The van der Waals surface area contributed by atoms with E-state index in [1.54, 1.807) is 0 Å². The Labute approximate surface area is 116 Å². The van der Waals surface area contributed by atoms with Crippen molar-refractivity contribution in [3.8, 4) is 0 Å². The van der Waals surface area contributed by atoms with Crippen LogP contribution in [0.2, 0.25) is 0 Å². The minimum Gasteiger partial charge on any atom is -0.330 e. The molecule has 0 saturated heterocycles. The summed E-state index contributed by atoms with van der Waals surface area (Å²) < 4.78 is 1.02. The van der Waals surface area contributed by atoms with E-state index in [1.165, 1.54) is 0 Å². The van der Waals surface area contributed by atoms with E-state index in [9.17, 15) is 4.79 Å². The number of nitrogens with one attached hydrogen (secondary N) is 1. The van der Waals surface area contributed by atoms with E-state index in [-0.39, 0.29) is 11.8 Å². The molecule has 18 heavy (non-hydrogen) atoms. The van der Waals surface area contributed by atoms with Gasteiger partial charge in [-0.3, -0.25) is 4.79 Å². The molecule has 0 unspecified atom stereocenters. The Morgan fingerprint density at radius 1 is 1.22 bits per heavy atom. The van der Waals surface area contributed by atoms with Crippen molar-refractivity contribution in [2.24, 2.45) is 17.6 Å². The average molecular weight is 311 g/mol. The maximum absolute atomic E-state index is 12.1. The summed E-state index contributed by atoms with van der Waals surface area (Å²) in [5.74, 6) is 0.908. The van der Waals surface area contributed by atoms with Crippen molar-refractivity contribution < 1.29 is 4.79 Å². The van der Waals surface area contributed by atoms with E-state index in [2.05, 4.69) is 21.2 Å². The summed E-state index contributed by atoms with van der Waals surface area (Å²) in [6.07, 6.45) is 4.08. The average Bonchev–Trinajstić information content (AvgIpc) is 2.41. The van der Waals surface area contributed by atoms with Crippen LogP contribution in [0.4, 0.5) is 5.69 Å². The fraction of sp³-hybridized carbons (Fsp3) is 0.500. The Morgan fingerprint density at radius 3 is 2.39 bits per heavy atom. The van der Waals surface area contributed by atoms with Crippen LogP contribution < -0.4 is 11.1 Å². The highest BCUT2D eigenvalue weighted by Gasteiger charge is 2.25. The molecule has 98 valence electrons. The number of hydrogen-bond acceptors (Lipinski definition) is 2. The van der Waals surface area contributed by atoms with Gasteiger partial charge in [-0.25, -0.2) is 0 Å². The second-order valence-corrected chi connectivity index (χ2v) is 5.87. The van der Waals surface area contributed by atoms with Crippen molar-refractivity contribution in [1.29, 1.82) is 0 Å². The lowest BCUT2D eigenvalue weighted by atomic mass is 9.81. The number of carbonyl (C=O) groups is 1. The van der Waals surface area contributed by atoms with Gasteiger partial charge in [-0.2, -0.15) is 0 Å². The normalized spacial score (nSPS) is 23.7. The van der Waals surface area contributed by atoms with Crippen LogP contribution in [-0.2, 0) is 4.79 Å². The molecule has 3 N–H and O–H groups in total. The van der Waals surface area contributed by atoms with Gasteiger partial charge in [-0.1, -0.05) is 15.9 Å². The molecule has 4 heteroatoms. The maximum atomic E-state index is 12.1. The Hall–Kier alpha value is -0.870. The number of amides is 1. The van der Waals surface area contributed by atoms with Crippen LogP contribution in [0.25, 0.3) is 0 Å².